The Balaban J connectivity index is 2.09. The van der Waals surface area contributed by atoms with Crippen LogP contribution in [0.4, 0.5) is 0 Å². The number of methoxy groups -OCH3 is 1. The van der Waals surface area contributed by atoms with Gasteiger partial charge >= 0.3 is 0 Å². The molecule has 0 aliphatic rings. The molecular weight excluding hydrogens is 316 g/mol. The average molecular weight is 340 g/mol. The van der Waals surface area contributed by atoms with Crippen molar-refractivity contribution in [2.45, 2.75) is 32.4 Å². The summed E-state index contributed by atoms with van der Waals surface area (Å²) < 4.78 is 5.11. The number of ether oxygens (including phenoxy) is 1. The molecule has 5 nitrogen and oxygen atoms in total. The van der Waals surface area contributed by atoms with Crippen LogP contribution in [0.2, 0.25) is 0 Å². The van der Waals surface area contributed by atoms with Gasteiger partial charge in [0.05, 0.1) is 13.5 Å². The van der Waals surface area contributed by atoms with Crippen LogP contribution in [-0.2, 0) is 16.0 Å². The molecule has 0 saturated heterocycles. The van der Waals surface area contributed by atoms with Gasteiger partial charge in [-0.3, -0.25) is 9.59 Å². The summed E-state index contributed by atoms with van der Waals surface area (Å²) in [6.07, 6.45) is 0.197. The predicted molar refractivity (Wildman–Crippen MR) is 97.3 cm³/mol. The van der Waals surface area contributed by atoms with E-state index in [0.717, 1.165) is 16.9 Å². The zero-order valence-corrected chi connectivity index (χ0v) is 14.8. The van der Waals surface area contributed by atoms with E-state index in [2.05, 4.69) is 10.6 Å². The summed E-state index contributed by atoms with van der Waals surface area (Å²) in [5, 5.41) is 5.69. The van der Waals surface area contributed by atoms with Crippen LogP contribution < -0.4 is 15.4 Å². The lowest BCUT2D eigenvalue weighted by Gasteiger charge is -2.20. The van der Waals surface area contributed by atoms with E-state index in [1.54, 1.807) is 7.11 Å². The van der Waals surface area contributed by atoms with Gasteiger partial charge in [-0.25, -0.2) is 0 Å². The lowest BCUT2D eigenvalue weighted by atomic mass is 10.0. The van der Waals surface area contributed by atoms with Gasteiger partial charge in [0.25, 0.3) is 0 Å². The van der Waals surface area contributed by atoms with Gasteiger partial charge in [-0.2, -0.15) is 0 Å². The number of carbonyl (C=O) groups is 2. The van der Waals surface area contributed by atoms with Crippen LogP contribution in [0, 0.1) is 0 Å². The van der Waals surface area contributed by atoms with Gasteiger partial charge in [-0.1, -0.05) is 42.5 Å². The maximum atomic E-state index is 12.5. The normalized spacial score (nSPS) is 11.7. The molecule has 25 heavy (non-hydrogen) atoms. The summed E-state index contributed by atoms with van der Waals surface area (Å²) in [6.45, 7) is 3.78. The molecule has 5 heteroatoms. The third kappa shape index (κ3) is 5.64. The first-order valence-electron chi connectivity index (χ1n) is 8.27. The van der Waals surface area contributed by atoms with Crippen LogP contribution in [-0.4, -0.2) is 25.0 Å². The highest BCUT2D eigenvalue weighted by Gasteiger charge is 2.23. The predicted octanol–water partition coefficient (Wildman–Crippen LogP) is 2.62. The fraction of sp³-hybridized carbons (Fsp3) is 0.300. The van der Waals surface area contributed by atoms with E-state index < -0.39 is 6.04 Å². The second kappa shape index (κ2) is 8.87. The van der Waals surface area contributed by atoms with Crippen LogP contribution in [0.25, 0.3) is 0 Å². The molecule has 2 aromatic rings. The molecule has 0 heterocycles. The van der Waals surface area contributed by atoms with E-state index in [4.69, 9.17) is 4.74 Å². The number of carbonyl (C=O) groups excluding carboxylic acids is 2. The molecule has 0 saturated carbocycles. The highest BCUT2D eigenvalue weighted by atomic mass is 16.5. The lowest BCUT2D eigenvalue weighted by molar-refractivity contribution is -0.129. The van der Waals surface area contributed by atoms with Gasteiger partial charge in [0.1, 0.15) is 11.8 Å². The van der Waals surface area contributed by atoms with Crippen LogP contribution in [0.15, 0.2) is 54.6 Å². The molecule has 2 rings (SSSR count). The van der Waals surface area contributed by atoms with Crippen molar-refractivity contribution in [3.05, 3.63) is 65.7 Å². The Morgan fingerprint density at radius 1 is 0.960 bits per heavy atom. The van der Waals surface area contributed by atoms with Crippen molar-refractivity contribution in [1.29, 1.82) is 0 Å². The standard InChI is InChI=1S/C20H24N2O3/c1-14(2)21-20(24)19(16-7-5-4-6-8-16)22-18(23)13-15-9-11-17(25-3)12-10-15/h4-12,14,19H,13H2,1-3H3,(H,21,24)(H,22,23)/t19-/m0/s1. The molecule has 2 N–H and O–H groups in total. The first kappa shape index (κ1) is 18.5. The number of hydrogen-bond donors (Lipinski definition) is 2. The number of hydrogen-bond acceptors (Lipinski definition) is 3. The van der Waals surface area contributed by atoms with E-state index in [0.29, 0.717) is 0 Å². The third-order valence-electron chi connectivity index (χ3n) is 3.66. The van der Waals surface area contributed by atoms with Gasteiger partial charge < -0.3 is 15.4 Å². The Kier molecular flexibility index (Phi) is 6.57. The number of amides is 2. The smallest absolute Gasteiger partial charge is 0.247 e. The molecule has 0 aliphatic carbocycles. The topological polar surface area (TPSA) is 67.4 Å². The monoisotopic (exact) mass is 340 g/mol. The van der Waals surface area contributed by atoms with Crippen molar-refractivity contribution < 1.29 is 14.3 Å². The highest BCUT2D eigenvalue weighted by molar-refractivity contribution is 5.89. The molecule has 0 bridgehead atoms. The number of rotatable bonds is 7. The molecule has 0 unspecified atom stereocenters. The molecule has 0 fully saturated rings. The fourth-order valence-electron chi connectivity index (χ4n) is 2.45. The summed E-state index contributed by atoms with van der Waals surface area (Å²) in [7, 11) is 1.60. The van der Waals surface area contributed by atoms with Crippen molar-refractivity contribution >= 4 is 11.8 Å². The summed E-state index contributed by atoms with van der Waals surface area (Å²) in [5.41, 5.74) is 1.61. The van der Waals surface area contributed by atoms with E-state index in [1.165, 1.54) is 0 Å². The minimum Gasteiger partial charge on any atom is -0.497 e. The first-order valence-corrected chi connectivity index (χ1v) is 8.27. The largest absolute Gasteiger partial charge is 0.497 e. The molecule has 0 aliphatic heterocycles. The van der Waals surface area contributed by atoms with E-state index >= 15 is 0 Å². The second-order valence-corrected chi connectivity index (χ2v) is 6.10. The van der Waals surface area contributed by atoms with Crippen molar-refractivity contribution in [2.75, 3.05) is 7.11 Å². The fourth-order valence-corrected chi connectivity index (χ4v) is 2.45. The van der Waals surface area contributed by atoms with Gasteiger partial charge in [0, 0.05) is 6.04 Å². The van der Waals surface area contributed by atoms with E-state index in [9.17, 15) is 9.59 Å². The quantitative estimate of drug-likeness (QED) is 0.814. The van der Waals surface area contributed by atoms with E-state index in [1.807, 2.05) is 68.4 Å². The summed E-state index contributed by atoms with van der Waals surface area (Å²) >= 11 is 0. The Morgan fingerprint density at radius 3 is 2.16 bits per heavy atom. The van der Waals surface area contributed by atoms with Crippen molar-refractivity contribution in [2.24, 2.45) is 0 Å². The first-order chi connectivity index (χ1) is 12.0. The molecule has 0 spiro atoms. The van der Waals surface area contributed by atoms with Crippen molar-refractivity contribution in [3.63, 3.8) is 0 Å². The maximum Gasteiger partial charge on any atom is 0.247 e. The maximum absolute atomic E-state index is 12.5. The van der Waals surface area contributed by atoms with Gasteiger partial charge in [0.2, 0.25) is 11.8 Å². The van der Waals surface area contributed by atoms with Crippen LogP contribution >= 0.6 is 0 Å². The van der Waals surface area contributed by atoms with Crippen molar-refractivity contribution in [3.8, 4) is 5.75 Å². The SMILES string of the molecule is COc1ccc(CC(=O)N[C@H](C(=O)NC(C)C)c2ccccc2)cc1. The Labute approximate surface area is 148 Å². The van der Waals surface area contributed by atoms with Gasteiger partial charge in [-0.15, -0.1) is 0 Å². The lowest BCUT2D eigenvalue weighted by Crippen LogP contribution is -2.43. The molecule has 2 amide bonds. The van der Waals surface area contributed by atoms with E-state index in [-0.39, 0.29) is 24.3 Å². The summed E-state index contributed by atoms with van der Waals surface area (Å²) in [6, 6.07) is 15.8. The third-order valence-corrected chi connectivity index (χ3v) is 3.66. The van der Waals surface area contributed by atoms with Crippen LogP contribution in [0.3, 0.4) is 0 Å². The Morgan fingerprint density at radius 2 is 1.60 bits per heavy atom. The highest BCUT2D eigenvalue weighted by Crippen LogP contribution is 2.15. The molecule has 0 aromatic heterocycles. The minimum atomic E-state index is -0.714. The second-order valence-electron chi connectivity index (χ2n) is 6.10. The molecular formula is C20H24N2O3. The number of benzene rings is 2. The van der Waals surface area contributed by atoms with Crippen LogP contribution in [0.1, 0.15) is 31.0 Å². The van der Waals surface area contributed by atoms with Gasteiger partial charge in [0.15, 0.2) is 0 Å². The van der Waals surface area contributed by atoms with Crippen LogP contribution in [0.5, 0.6) is 5.75 Å². The molecule has 2 aromatic carbocycles. The molecule has 132 valence electrons. The Bertz CT molecular complexity index is 697. The molecule has 0 radical (unpaired) electrons. The average Bonchev–Trinajstić information content (AvgIpc) is 2.60. The van der Waals surface area contributed by atoms with Gasteiger partial charge in [-0.05, 0) is 37.1 Å². The summed E-state index contributed by atoms with van der Waals surface area (Å²) in [4.78, 5) is 24.9. The zero-order chi connectivity index (χ0) is 18.2. The minimum absolute atomic E-state index is 0.00259. The summed E-state index contributed by atoms with van der Waals surface area (Å²) in [5.74, 6) is 0.310. The Hall–Kier alpha value is -2.82. The van der Waals surface area contributed by atoms with Crippen molar-refractivity contribution in [1.82, 2.24) is 10.6 Å². The zero-order valence-electron chi connectivity index (χ0n) is 14.8. The molecule has 1 atom stereocenters. The number of nitrogens with one attached hydrogen (secondary N) is 2.